The van der Waals surface area contributed by atoms with Gasteiger partial charge in [-0.25, -0.2) is 0 Å². The average Bonchev–Trinajstić information content (AvgIpc) is 3.84. The maximum atomic E-state index is 6.26. The minimum absolute atomic E-state index is 0. The molecule has 58 heavy (non-hydrogen) atoms. The van der Waals surface area contributed by atoms with Crippen molar-refractivity contribution in [2.45, 2.75) is 86.3 Å². The molecule has 2 aliphatic rings. The molecule has 6 aromatic rings. The summed E-state index contributed by atoms with van der Waals surface area (Å²) in [5, 5.41) is 0. The van der Waals surface area contributed by atoms with Crippen LogP contribution in [0, 0.1) is 13.8 Å². The number of aryl methyl sites for hydroxylation is 1. The fraction of sp³-hybridized carbons (Fsp3) is 0.255. The van der Waals surface area contributed by atoms with Crippen LogP contribution < -0.4 is 3.27 Å². The van der Waals surface area contributed by atoms with Crippen LogP contribution in [0.2, 0.25) is 0 Å². The molecule has 3 heteroatoms. The van der Waals surface area contributed by atoms with Crippen molar-refractivity contribution in [2.75, 3.05) is 0 Å². The third kappa shape index (κ3) is 7.04. The predicted octanol–water partition coefficient (Wildman–Crippen LogP) is 14.5. The number of benzene rings is 6. The van der Waals surface area contributed by atoms with E-state index in [1.165, 1.54) is 66.8 Å². The molecule has 0 amide bonds. The molecule has 0 saturated carbocycles. The molecule has 0 nitrogen and oxygen atoms in total. The predicted molar refractivity (Wildman–Crippen MR) is 254 cm³/mol. The van der Waals surface area contributed by atoms with Gasteiger partial charge in [0, 0.05) is 0 Å². The number of allylic oxidation sites excluding steroid dienone is 4. The van der Waals surface area contributed by atoms with Crippen LogP contribution in [0.25, 0.3) is 11.1 Å². The summed E-state index contributed by atoms with van der Waals surface area (Å²) in [6, 6.07) is 53.6. The maximum absolute atomic E-state index is 6.26. The van der Waals surface area contributed by atoms with Gasteiger partial charge in [0.2, 0.25) is 0 Å². The van der Waals surface area contributed by atoms with Gasteiger partial charge in [-0.15, -0.1) is 24.8 Å². The van der Waals surface area contributed by atoms with Crippen LogP contribution in [0.5, 0.6) is 0 Å². The molecule has 0 aliphatic heterocycles. The van der Waals surface area contributed by atoms with E-state index in [-0.39, 0.29) is 42.9 Å². The molecule has 0 bridgehead atoms. The van der Waals surface area contributed by atoms with Crippen LogP contribution in [0.3, 0.4) is 0 Å². The zero-order valence-corrected chi connectivity index (χ0v) is 39.7. The summed E-state index contributed by atoms with van der Waals surface area (Å²) in [6.07, 6.45) is 9.10. The molecule has 0 atom stereocenters. The first-order valence-corrected chi connectivity index (χ1v) is 27.7. The summed E-state index contributed by atoms with van der Waals surface area (Å²) >= 11 is -5.43. The van der Waals surface area contributed by atoms with Crippen LogP contribution in [-0.2, 0) is 35.5 Å². The monoisotopic (exact) mass is 880 g/mol. The molecular weight excluding hydrogens is 823 g/mol. The molecule has 0 N–H and O–H groups in total. The van der Waals surface area contributed by atoms with Crippen molar-refractivity contribution in [1.82, 2.24) is 0 Å². The van der Waals surface area contributed by atoms with Crippen LogP contribution in [0.4, 0.5) is 0 Å². The standard InChI is InChI=1S/C23H29.2C13H11.C5H5.CH2.2ClH.Zr/c1-14-9-16-11-17-10-15(2)21(23(6,7)8)13-19(17)18(16)12-20(14)22(3,4)5;2*1-3-7-12(8-4-1)11-13-9-5-2-6-10-13;1-2-4-5-3-1;;;;/h9,12-13H,11H2,1-8H3;2*1-11H;1-3H,4H2;1H2;2*1H;. The first kappa shape index (κ1) is 43.7. The summed E-state index contributed by atoms with van der Waals surface area (Å²) in [4.78, 5) is 0. The Hall–Kier alpha value is -3.87. The zero-order chi connectivity index (χ0) is 39.5. The second-order valence-corrected chi connectivity index (χ2v) is 32.6. The zero-order valence-electron chi connectivity index (χ0n) is 35.6. The Bertz CT molecular complexity index is 2380. The van der Waals surface area contributed by atoms with Gasteiger partial charge in [0.25, 0.3) is 0 Å². The van der Waals surface area contributed by atoms with Gasteiger partial charge in [0.05, 0.1) is 0 Å². The number of rotatable bonds is 8. The fourth-order valence-corrected chi connectivity index (χ4v) is 33.1. The van der Waals surface area contributed by atoms with Crippen molar-refractivity contribution in [3.8, 4) is 11.1 Å². The fourth-order valence-electron chi connectivity index (χ4n) is 11.4. The molecule has 0 heterocycles. The van der Waals surface area contributed by atoms with Gasteiger partial charge < -0.3 is 0 Å². The van der Waals surface area contributed by atoms with Crippen molar-refractivity contribution in [3.05, 3.63) is 217 Å². The molecule has 0 fully saturated rings. The molecule has 0 saturated heterocycles. The van der Waals surface area contributed by atoms with Crippen molar-refractivity contribution in [3.63, 3.8) is 0 Å². The van der Waals surface area contributed by atoms with E-state index >= 15 is 0 Å². The van der Waals surface area contributed by atoms with Gasteiger partial charge in [0.1, 0.15) is 0 Å². The van der Waals surface area contributed by atoms with E-state index in [4.69, 9.17) is 4.21 Å². The molecule has 0 aromatic heterocycles. The van der Waals surface area contributed by atoms with Gasteiger partial charge >= 0.3 is 340 Å². The molecule has 2 aliphatic carbocycles. The number of fused-ring (bicyclic) bond motifs is 3. The van der Waals surface area contributed by atoms with Crippen molar-refractivity contribution < 1.29 is 18.3 Å². The molecule has 8 rings (SSSR count). The Balaban J connectivity index is 0.00000283. The Kier molecular flexibility index (Phi) is 12.3. The molecule has 0 radical (unpaired) electrons. The molecular formula is C55H60Cl2Zr. The van der Waals surface area contributed by atoms with E-state index < -0.39 is 18.3 Å². The SMILES string of the molecule is Cl.Cl.[CH2]=[Zr]([C]1=CC=CC1)([c]1c(C)c(C(C)(C)C)cc2c1Cc1cc(C)c(C(C)(C)C)cc1-2)([CH](c1ccccc1)c1ccccc1)[CH](c1ccccc1)c1ccccc1. The summed E-state index contributed by atoms with van der Waals surface area (Å²) in [5.74, 6) is 0. The Morgan fingerprint density at radius 3 is 1.34 bits per heavy atom. The van der Waals surface area contributed by atoms with E-state index in [0.29, 0.717) is 0 Å². The summed E-state index contributed by atoms with van der Waals surface area (Å²) < 4.78 is 9.49. The van der Waals surface area contributed by atoms with Crippen LogP contribution in [0.15, 0.2) is 161 Å². The van der Waals surface area contributed by atoms with Gasteiger partial charge in [0.15, 0.2) is 0 Å². The number of halogens is 2. The quantitative estimate of drug-likeness (QED) is 0.143. The number of hydrogen-bond acceptors (Lipinski definition) is 0. The second-order valence-electron chi connectivity index (χ2n) is 18.9. The van der Waals surface area contributed by atoms with Crippen LogP contribution in [0.1, 0.15) is 111 Å². The second kappa shape index (κ2) is 16.3. The molecule has 6 aromatic carbocycles. The Labute approximate surface area is 362 Å². The Morgan fingerprint density at radius 1 is 0.552 bits per heavy atom. The summed E-state index contributed by atoms with van der Waals surface area (Å²) in [5.41, 5.74) is 16.9. The first-order chi connectivity index (χ1) is 26.7. The average molecular weight is 883 g/mol. The van der Waals surface area contributed by atoms with E-state index in [1.54, 1.807) is 6.55 Å². The summed E-state index contributed by atoms with van der Waals surface area (Å²) in [6.45, 7) is 19.1. The van der Waals surface area contributed by atoms with Crippen LogP contribution in [-0.4, -0.2) is 4.21 Å². The van der Waals surface area contributed by atoms with Gasteiger partial charge in [-0.2, -0.15) is 0 Å². The molecule has 0 spiro atoms. The molecule has 298 valence electrons. The third-order valence-electron chi connectivity index (χ3n) is 13.4. The first-order valence-electron chi connectivity index (χ1n) is 20.6. The number of hydrogen-bond donors (Lipinski definition) is 0. The van der Waals surface area contributed by atoms with E-state index in [0.717, 1.165) is 12.8 Å². The van der Waals surface area contributed by atoms with E-state index in [1.807, 2.05) is 0 Å². The van der Waals surface area contributed by atoms with Crippen molar-refractivity contribution in [2.24, 2.45) is 0 Å². The van der Waals surface area contributed by atoms with Gasteiger partial charge in [-0.05, 0) is 0 Å². The summed E-state index contributed by atoms with van der Waals surface area (Å²) in [7, 11) is 0. The van der Waals surface area contributed by atoms with Crippen molar-refractivity contribution >= 4 is 32.3 Å². The minimum atomic E-state index is -5.43. The van der Waals surface area contributed by atoms with E-state index in [2.05, 4.69) is 213 Å². The topological polar surface area (TPSA) is 0 Å². The van der Waals surface area contributed by atoms with Gasteiger partial charge in [-0.1, -0.05) is 0 Å². The van der Waals surface area contributed by atoms with E-state index in [9.17, 15) is 0 Å². The third-order valence-corrected chi connectivity index (χ3v) is 32.4. The van der Waals surface area contributed by atoms with Gasteiger partial charge in [-0.3, -0.25) is 0 Å². The Morgan fingerprint density at radius 2 is 0.966 bits per heavy atom. The molecule has 0 unspecified atom stereocenters. The normalized spacial score (nSPS) is 13.8. The van der Waals surface area contributed by atoms with Crippen molar-refractivity contribution in [1.29, 1.82) is 0 Å². The van der Waals surface area contributed by atoms with Crippen LogP contribution >= 0.6 is 24.8 Å².